The van der Waals surface area contributed by atoms with Crippen LogP contribution in [0.25, 0.3) is 10.2 Å². The van der Waals surface area contributed by atoms with Gasteiger partial charge in [0, 0.05) is 6.07 Å². The van der Waals surface area contributed by atoms with Gasteiger partial charge in [0.25, 0.3) is 0 Å². The smallest absolute Gasteiger partial charge is 0.204 e. The van der Waals surface area contributed by atoms with Crippen LogP contribution in [-0.2, 0) is 0 Å². The van der Waals surface area contributed by atoms with Crippen LogP contribution in [-0.4, -0.2) is 15.9 Å². The van der Waals surface area contributed by atoms with Crippen LogP contribution in [0.15, 0.2) is 63.9 Å². The van der Waals surface area contributed by atoms with Crippen molar-refractivity contribution in [3.63, 3.8) is 0 Å². The molecule has 1 aromatic heterocycles. The van der Waals surface area contributed by atoms with E-state index in [0.717, 1.165) is 10.2 Å². The largest absolute Gasteiger partial charge is 0.508 e. The maximum Gasteiger partial charge on any atom is 0.204 e. The molecule has 0 saturated carbocycles. The van der Waals surface area contributed by atoms with Gasteiger partial charge >= 0.3 is 0 Å². The molecule has 2 aromatic carbocycles. The lowest BCUT2D eigenvalue weighted by atomic mass is 10.3. The van der Waals surface area contributed by atoms with Gasteiger partial charge in [-0.15, -0.1) is 10.2 Å². The summed E-state index contributed by atoms with van der Waals surface area (Å²) in [6, 6.07) is 14.4. The van der Waals surface area contributed by atoms with Crippen LogP contribution in [0.2, 0.25) is 0 Å². The maximum absolute atomic E-state index is 9.35. The number of aromatic nitrogens is 1. The van der Waals surface area contributed by atoms with Gasteiger partial charge in [0.05, 0.1) is 15.9 Å². The highest BCUT2D eigenvalue weighted by molar-refractivity contribution is 7.22. The van der Waals surface area contributed by atoms with Crippen molar-refractivity contribution in [1.82, 2.24) is 4.98 Å². The van der Waals surface area contributed by atoms with Gasteiger partial charge in [-0.05, 0) is 31.2 Å². The molecule has 0 bridgehead atoms. The summed E-state index contributed by atoms with van der Waals surface area (Å²) in [6.45, 7) is 1.73. The Bertz CT molecular complexity index is 823. The zero-order chi connectivity index (χ0) is 15.4. The lowest BCUT2D eigenvalue weighted by molar-refractivity contribution is 0.475. The van der Waals surface area contributed by atoms with Gasteiger partial charge in [-0.2, -0.15) is 5.10 Å². The fraction of sp³-hybridized carbons (Fsp3) is 0.0667. The monoisotopic (exact) mass is 311 g/mol. The highest BCUT2D eigenvalue weighted by Gasteiger charge is 2.01. The molecule has 0 aliphatic rings. The van der Waals surface area contributed by atoms with E-state index in [1.54, 1.807) is 25.1 Å². The Morgan fingerprint density at radius 3 is 2.86 bits per heavy atom. The van der Waals surface area contributed by atoms with E-state index in [9.17, 15) is 5.11 Å². The maximum atomic E-state index is 9.35. The van der Waals surface area contributed by atoms with Crippen molar-refractivity contribution < 1.29 is 5.11 Å². The molecule has 1 heterocycles. The zero-order valence-corrected chi connectivity index (χ0v) is 12.6. The summed E-state index contributed by atoms with van der Waals surface area (Å²) in [4.78, 5) is 4.41. The van der Waals surface area contributed by atoms with Crippen LogP contribution in [0.4, 0.5) is 10.8 Å². The molecule has 0 unspecified atom stereocenters. The standard InChI is InChI=1S/C15H13N5OS/c1-10(17-19-11-5-4-6-12(21)9-11)18-20-15-16-13-7-2-3-8-14(13)22-15/h2-9,21H,1H3,(H,16,20)/b18-10-,19-17+. The van der Waals surface area contributed by atoms with Gasteiger partial charge < -0.3 is 5.11 Å². The number of hydrazone groups is 1. The SMILES string of the molecule is CC(=N/Nc1nc2ccccc2s1)/N=N/c1cccc(O)c1. The van der Waals surface area contributed by atoms with Crippen LogP contribution in [0.3, 0.4) is 0 Å². The number of phenols is 1. The number of nitrogens with zero attached hydrogens (tertiary/aromatic N) is 4. The number of rotatable bonds is 3. The molecule has 22 heavy (non-hydrogen) atoms. The molecule has 3 rings (SSSR count). The quantitative estimate of drug-likeness (QED) is 0.322. The number of azo groups is 1. The first-order valence-corrected chi connectivity index (χ1v) is 7.39. The number of para-hydroxylation sites is 1. The number of nitrogens with one attached hydrogen (secondary N) is 1. The van der Waals surface area contributed by atoms with Gasteiger partial charge in [0.2, 0.25) is 5.13 Å². The van der Waals surface area contributed by atoms with E-state index in [1.807, 2.05) is 24.3 Å². The fourth-order valence-corrected chi connectivity index (χ4v) is 2.56. The molecule has 0 fully saturated rings. The first-order valence-electron chi connectivity index (χ1n) is 6.57. The molecule has 3 aromatic rings. The van der Waals surface area contributed by atoms with Crippen molar-refractivity contribution in [2.75, 3.05) is 5.43 Å². The van der Waals surface area contributed by atoms with Gasteiger partial charge in [0.1, 0.15) is 5.75 Å². The Hall–Kier alpha value is -2.80. The molecule has 2 N–H and O–H groups in total. The van der Waals surface area contributed by atoms with Gasteiger partial charge in [-0.1, -0.05) is 29.5 Å². The molecule has 0 spiro atoms. The average molecular weight is 311 g/mol. The summed E-state index contributed by atoms with van der Waals surface area (Å²) in [5.41, 5.74) is 4.37. The number of benzene rings is 2. The Labute approximate surface area is 130 Å². The van der Waals surface area contributed by atoms with Crippen molar-refractivity contribution >= 4 is 38.2 Å². The zero-order valence-electron chi connectivity index (χ0n) is 11.8. The lowest BCUT2D eigenvalue weighted by Gasteiger charge is -1.95. The minimum Gasteiger partial charge on any atom is -0.508 e. The van der Waals surface area contributed by atoms with E-state index in [0.29, 0.717) is 16.7 Å². The molecule has 0 radical (unpaired) electrons. The second-order valence-electron chi connectivity index (χ2n) is 4.48. The number of hydrogen-bond acceptors (Lipinski definition) is 6. The van der Waals surface area contributed by atoms with Crippen molar-refractivity contribution in [1.29, 1.82) is 0 Å². The van der Waals surface area contributed by atoms with E-state index < -0.39 is 0 Å². The molecule has 0 atom stereocenters. The lowest BCUT2D eigenvalue weighted by Crippen LogP contribution is -1.93. The van der Waals surface area contributed by atoms with Crippen LogP contribution in [0, 0.1) is 0 Å². The van der Waals surface area contributed by atoms with Crippen LogP contribution in [0.5, 0.6) is 5.75 Å². The Kier molecular flexibility index (Phi) is 4.06. The summed E-state index contributed by atoms with van der Waals surface area (Å²) in [7, 11) is 0. The highest BCUT2D eigenvalue weighted by atomic mass is 32.1. The Morgan fingerprint density at radius 2 is 2.05 bits per heavy atom. The van der Waals surface area contributed by atoms with E-state index in [-0.39, 0.29) is 5.75 Å². The van der Waals surface area contributed by atoms with E-state index in [4.69, 9.17) is 0 Å². The summed E-state index contributed by atoms with van der Waals surface area (Å²) in [5, 5.41) is 22.2. The molecule has 0 saturated heterocycles. The number of anilines is 1. The second kappa shape index (κ2) is 6.31. The summed E-state index contributed by atoms with van der Waals surface area (Å²) in [6.07, 6.45) is 0. The molecule has 0 aliphatic heterocycles. The second-order valence-corrected chi connectivity index (χ2v) is 5.51. The van der Waals surface area contributed by atoms with Crippen molar-refractivity contribution in [2.45, 2.75) is 6.92 Å². The number of phenolic OH excluding ortho intramolecular Hbond substituents is 1. The molecular formula is C15H13N5OS. The van der Waals surface area contributed by atoms with E-state index in [2.05, 4.69) is 25.7 Å². The van der Waals surface area contributed by atoms with Gasteiger partial charge in [-0.3, -0.25) is 5.43 Å². The van der Waals surface area contributed by atoms with E-state index in [1.165, 1.54) is 17.4 Å². The Morgan fingerprint density at radius 1 is 1.18 bits per heavy atom. The summed E-state index contributed by atoms with van der Waals surface area (Å²) < 4.78 is 1.10. The highest BCUT2D eigenvalue weighted by Crippen LogP contribution is 2.25. The van der Waals surface area contributed by atoms with Crippen LogP contribution >= 0.6 is 11.3 Å². The molecule has 6 nitrogen and oxygen atoms in total. The number of thiazole rings is 1. The van der Waals surface area contributed by atoms with Crippen LogP contribution < -0.4 is 5.43 Å². The molecule has 110 valence electrons. The topological polar surface area (TPSA) is 82.2 Å². The third kappa shape index (κ3) is 3.44. The predicted molar refractivity (Wildman–Crippen MR) is 89.0 cm³/mol. The van der Waals surface area contributed by atoms with Crippen molar-refractivity contribution in [3.05, 3.63) is 48.5 Å². The fourth-order valence-electron chi connectivity index (χ4n) is 1.76. The molecule has 0 aliphatic carbocycles. The number of aromatic hydroxyl groups is 1. The average Bonchev–Trinajstić information content (AvgIpc) is 2.94. The first-order chi connectivity index (χ1) is 10.7. The number of amidine groups is 1. The number of hydrogen-bond donors (Lipinski definition) is 2. The normalized spacial score (nSPS) is 12.1. The molecule has 0 amide bonds. The third-order valence-electron chi connectivity index (χ3n) is 2.75. The minimum atomic E-state index is 0.152. The van der Waals surface area contributed by atoms with Gasteiger partial charge in [0.15, 0.2) is 5.84 Å². The van der Waals surface area contributed by atoms with Crippen molar-refractivity contribution in [2.24, 2.45) is 15.3 Å². The predicted octanol–water partition coefficient (Wildman–Crippen LogP) is 4.53. The Balaban J connectivity index is 1.69. The summed E-state index contributed by atoms with van der Waals surface area (Å²) >= 11 is 1.52. The van der Waals surface area contributed by atoms with Crippen molar-refractivity contribution in [3.8, 4) is 5.75 Å². The van der Waals surface area contributed by atoms with Gasteiger partial charge in [-0.25, -0.2) is 4.98 Å². The molecule has 7 heteroatoms. The minimum absolute atomic E-state index is 0.152. The first kappa shape index (κ1) is 14.2. The third-order valence-corrected chi connectivity index (χ3v) is 3.69. The van der Waals surface area contributed by atoms with E-state index >= 15 is 0 Å². The summed E-state index contributed by atoms with van der Waals surface area (Å²) in [5.74, 6) is 0.612. The number of fused-ring (bicyclic) bond motifs is 1. The van der Waals surface area contributed by atoms with Crippen LogP contribution in [0.1, 0.15) is 6.92 Å². The molecular weight excluding hydrogens is 298 g/mol.